The molecule has 0 amide bonds. The Kier molecular flexibility index (Phi) is 4.72. The van der Waals surface area contributed by atoms with Crippen LogP contribution >= 0.6 is 0 Å². The van der Waals surface area contributed by atoms with Gasteiger partial charge in [-0.2, -0.15) is 0 Å². The number of sulfone groups is 1. The van der Waals surface area contributed by atoms with Crippen molar-refractivity contribution in [1.82, 2.24) is 0 Å². The van der Waals surface area contributed by atoms with Crippen molar-refractivity contribution in [1.29, 1.82) is 0 Å². The minimum absolute atomic E-state index is 0.285. The average molecular weight is 314 g/mol. The van der Waals surface area contributed by atoms with E-state index in [1.54, 1.807) is 24.3 Å². The van der Waals surface area contributed by atoms with E-state index in [4.69, 9.17) is 14.2 Å². The highest BCUT2D eigenvalue weighted by Crippen LogP contribution is 2.42. The van der Waals surface area contributed by atoms with Crippen LogP contribution in [0.15, 0.2) is 29.2 Å². The molecule has 0 N–H and O–H groups in total. The van der Waals surface area contributed by atoms with E-state index < -0.39 is 9.84 Å². The fourth-order valence-electron chi connectivity index (χ4n) is 2.20. The summed E-state index contributed by atoms with van der Waals surface area (Å²) in [5.41, 5.74) is 0.506. The van der Waals surface area contributed by atoms with Gasteiger partial charge in [0.1, 0.15) is 11.7 Å². The van der Waals surface area contributed by atoms with Crippen molar-refractivity contribution in [3.63, 3.8) is 0 Å². The molecule has 1 heterocycles. The van der Waals surface area contributed by atoms with E-state index in [0.29, 0.717) is 18.1 Å². The van der Waals surface area contributed by atoms with Gasteiger partial charge in [-0.25, -0.2) is 8.42 Å². The molecule has 5 nitrogen and oxygen atoms in total. The monoisotopic (exact) mass is 314 g/mol. The highest BCUT2D eigenvalue weighted by molar-refractivity contribution is 7.90. The summed E-state index contributed by atoms with van der Waals surface area (Å²) >= 11 is 0. The smallest absolute Gasteiger partial charge is 0.175 e. The highest BCUT2D eigenvalue weighted by Gasteiger charge is 2.49. The quantitative estimate of drug-likeness (QED) is 0.571. The molecule has 0 aromatic heterocycles. The first-order chi connectivity index (χ1) is 9.76. The molecule has 1 unspecified atom stereocenters. The van der Waals surface area contributed by atoms with Crippen LogP contribution < -0.4 is 0 Å². The maximum atomic E-state index is 11.5. The molecule has 1 aromatic carbocycles. The van der Waals surface area contributed by atoms with Gasteiger partial charge in [-0.15, -0.1) is 0 Å². The zero-order valence-corrected chi connectivity index (χ0v) is 13.6. The Labute approximate surface area is 126 Å². The van der Waals surface area contributed by atoms with Gasteiger partial charge in [0.05, 0.1) is 11.5 Å². The number of benzene rings is 1. The van der Waals surface area contributed by atoms with E-state index in [1.165, 1.54) is 6.26 Å². The minimum Gasteiger partial charge on any atom is -0.367 e. The standard InChI is InChI=1S/C15H22O5S/c1-5-18-11(2)20-14(15(3)10-19-15)12-6-8-13(9-7-12)21(4,16)17/h6-9,11,14H,5,10H2,1-4H3/t11?,14-,15+/m1/s1. The van der Waals surface area contributed by atoms with E-state index >= 15 is 0 Å². The molecule has 2 rings (SSSR count). The number of hydrogen-bond donors (Lipinski definition) is 0. The fraction of sp³-hybridized carbons (Fsp3) is 0.600. The van der Waals surface area contributed by atoms with Crippen LogP contribution in [0.2, 0.25) is 0 Å². The van der Waals surface area contributed by atoms with Crippen LogP contribution in [0, 0.1) is 0 Å². The predicted octanol–water partition coefficient (Wildman–Crippen LogP) is 2.32. The van der Waals surface area contributed by atoms with Gasteiger partial charge in [0.15, 0.2) is 16.1 Å². The third-order valence-corrected chi connectivity index (χ3v) is 4.62. The molecule has 1 aliphatic heterocycles. The summed E-state index contributed by atoms with van der Waals surface area (Å²) in [7, 11) is -3.19. The molecule has 0 saturated carbocycles. The van der Waals surface area contributed by atoms with Gasteiger partial charge in [0.25, 0.3) is 0 Å². The summed E-state index contributed by atoms with van der Waals surface area (Å²) in [5, 5.41) is 0. The van der Waals surface area contributed by atoms with Gasteiger partial charge in [-0.05, 0) is 38.5 Å². The Morgan fingerprint density at radius 3 is 2.33 bits per heavy atom. The van der Waals surface area contributed by atoms with Crippen molar-refractivity contribution in [2.24, 2.45) is 0 Å². The van der Waals surface area contributed by atoms with Gasteiger partial charge in [-0.3, -0.25) is 0 Å². The topological polar surface area (TPSA) is 65.1 Å². The lowest BCUT2D eigenvalue weighted by molar-refractivity contribution is -0.173. The minimum atomic E-state index is -3.19. The number of rotatable bonds is 7. The lowest BCUT2D eigenvalue weighted by Crippen LogP contribution is -2.27. The Balaban J connectivity index is 2.21. The first kappa shape index (κ1) is 16.4. The lowest BCUT2D eigenvalue weighted by atomic mass is 9.98. The van der Waals surface area contributed by atoms with Gasteiger partial charge in [-0.1, -0.05) is 12.1 Å². The Morgan fingerprint density at radius 2 is 1.90 bits per heavy atom. The molecule has 21 heavy (non-hydrogen) atoms. The normalized spacial score (nSPS) is 24.6. The van der Waals surface area contributed by atoms with E-state index in [9.17, 15) is 8.42 Å². The summed E-state index contributed by atoms with van der Waals surface area (Å²) in [6, 6.07) is 6.73. The maximum Gasteiger partial charge on any atom is 0.175 e. The van der Waals surface area contributed by atoms with E-state index in [1.807, 2.05) is 20.8 Å². The van der Waals surface area contributed by atoms with Crippen LogP contribution in [0.5, 0.6) is 0 Å². The van der Waals surface area contributed by atoms with Crippen LogP contribution in [0.1, 0.15) is 32.4 Å². The maximum absolute atomic E-state index is 11.5. The molecule has 0 spiro atoms. The summed E-state index contributed by atoms with van der Waals surface area (Å²) in [4.78, 5) is 0.296. The van der Waals surface area contributed by atoms with Crippen LogP contribution in [0.25, 0.3) is 0 Å². The average Bonchev–Trinajstić information content (AvgIpc) is 3.14. The van der Waals surface area contributed by atoms with Crippen molar-refractivity contribution >= 4 is 9.84 Å². The van der Waals surface area contributed by atoms with Crippen molar-refractivity contribution in [2.45, 2.75) is 43.7 Å². The van der Waals surface area contributed by atoms with Gasteiger partial charge >= 0.3 is 0 Å². The Morgan fingerprint density at radius 1 is 1.33 bits per heavy atom. The molecule has 0 bridgehead atoms. The zero-order valence-electron chi connectivity index (χ0n) is 12.8. The third kappa shape index (κ3) is 4.03. The second-order valence-corrected chi connectivity index (χ2v) is 7.50. The highest BCUT2D eigenvalue weighted by atomic mass is 32.2. The second kappa shape index (κ2) is 6.04. The third-order valence-electron chi connectivity index (χ3n) is 3.49. The molecular weight excluding hydrogens is 292 g/mol. The second-order valence-electron chi connectivity index (χ2n) is 5.48. The molecular formula is C15H22O5S. The Bertz CT molecular complexity index is 575. The molecule has 1 aliphatic rings. The van der Waals surface area contributed by atoms with Crippen molar-refractivity contribution in [3.05, 3.63) is 29.8 Å². The number of ether oxygens (including phenoxy) is 3. The van der Waals surface area contributed by atoms with Crippen LogP contribution in [0.4, 0.5) is 0 Å². The molecule has 1 fully saturated rings. The Hall–Kier alpha value is -0.950. The lowest BCUT2D eigenvalue weighted by Gasteiger charge is -2.25. The van der Waals surface area contributed by atoms with Crippen LogP contribution in [0.3, 0.4) is 0 Å². The van der Waals surface area contributed by atoms with Crippen molar-refractivity contribution in [3.8, 4) is 0 Å². The predicted molar refractivity (Wildman–Crippen MR) is 78.8 cm³/mol. The van der Waals surface area contributed by atoms with E-state index in [2.05, 4.69) is 0 Å². The SMILES string of the molecule is CCOC(C)O[C@H](c1ccc(S(C)(=O)=O)cc1)[C@]1(C)CO1. The van der Waals surface area contributed by atoms with Crippen molar-refractivity contribution in [2.75, 3.05) is 19.5 Å². The van der Waals surface area contributed by atoms with Crippen LogP contribution in [-0.2, 0) is 24.0 Å². The molecule has 1 aromatic rings. The van der Waals surface area contributed by atoms with Gasteiger partial charge in [0.2, 0.25) is 0 Å². The molecule has 0 aliphatic carbocycles. The van der Waals surface area contributed by atoms with Gasteiger partial charge in [0, 0.05) is 12.9 Å². The summed E-state index contributed by atoms with van der Waals surface area (Å²) in [5.74, 6) is 0. The summed E-state index contributed by atoms with van der Waals surface area (Å²) in [6.07, 6.45) is 0.557. The van der Waals surface area contributed by atoms with Crippen LogP contribution in [-0.4, -0.2) is 39.8 Å². The summed E-state index contributed by atoms with van der Waals surface area (Å²) in [6.45, 7) is 6.90. The van der Waals surface area contributed by atoms with E-state index in [-0.39, 0.29) is 18.0 Å². The molecule has 6 heteroatoms. The fourth-order valence-corrected chi connectivity index (χ4v) is 2.83. The largest absolute Gasteiger partial charge is 0.367 e. The number of hydrogen-bond acceptors (Lipinski definition) is 5. The molecule has 3 atom stereocenters. The first-order valence-corrected chi connectivity index (χ1v) is 8.86. The summed E-state index contributed by atoms with van der Waals surface area (Å²) < 4.78 is 39.9. The van der Waals surface area contributed by atoms with Crippen molar-refractivity contribution < 1.29 is 22.6 Å². The molecule has 0 radical (unpaired) electrons. The molecule has 1 saturated heterocycles. The first-order valence-electron chi connectivity index (χ1n) is 6.97. The number of epoxide rings is 1. The molecule has 118 valence electrons. The van der Waals surface area contributed by atoms with Gasteiger partial charge < -0.3 is 14.2 Å². The zero-order chi connectivity index (χ0) is 15.7. The van der Waals surface area contributed by atoms with E-state index in [0.717, 1.165) is 5.56 Å².